The Kier molecular flexibility index (Phi) is 2.40. The van der Waals surface area contributed by atoms with Gasteiger partial charge in [-0.2, -0.15) is 0 Å². The summed E-state index contributed by atoms with van der Waals surface area (Å²) in [5.41, 5.74) is -0.398. The van der Waals surface area contributed by atoms with Crippen LogP contribution in [0, 0.1) is 5.41 Å². The number of hydrogen-bond acceptors (Lipinski definition) is 4. The summed E-state index contributed by atoms with van der Waals surface area (Å²) >= 11 is 0. The van der Waals surface area contributed by atoms with Crippen molar-refractivity contribution in [2.45, 2.75) is 20.3 Å². The van der Waals surface area contributed by atoms with Gasteiger partial charge in [0.25, 0.3) is 0 Å². The van der Waals surface area contributed by atoms with Gasteiger partial charge in [0.1, 0.15) is 5.76 Å². The SMILES string of the molecule is COC(=O)/C=C1\OC(=O)CC1(C)C. The Morgan fingerprint density at radius 1 is 1.62 bits per heavy atom. The minimum atomic E-state index is -0.502. The third-order valence-corrected chi connectivity index (χ3v) is 1.93. The Morgan fingerprint density at radius 2 is 2.23 bits per heavy atom. The van der Waals surface area contributed by atoms with Crippen molar-refractivity contribution in [3.63, 3.8) is 0 Å². The Hall–Kier alpha value is -1.32. The number of carbonyl (C=O) groups excluding carboxylic acids is 2. The van der Waals surface area contributed by atoms with Gasteiger partial charge in [0.2, 0.25) is 0 Å². The highest BCUT2D eigenvalue weighted by Gasteiger charge is 2.37. The molecule has 0 unspecified atom stereocenters. The van der Waals surface area contributed by atoms with E-state index < -0.39 is 11.4 Å². The summed E-state index contributed by atoms with van der Waals surface area (Å²) < 4.78 is 9.30. The smallest absolute Gasteiger partial charge is 0.333 e. The van der Waals surface area contributed by atoms with E-state index in [4.69, 9.17) is 4.74 Å². The quantitative estimate of drug-likeness (QED) is 0.451. The molecule has 1 aliphatic heterocycles. The van der Waals surface area contributed by atoms with Crippen LogP contribution in [-0.2, 0) is 19.1 Å². The van der Waals surface area contributed by atoms with E-state index in [0.29, 0.717) is 12.2 Å². The first kappa shape index (κ1) is 9.77. The highest BCUT2D eigenvalue weighted by molar-refractivity contribution is 5.85. The second-order valence-electron chi connectivity index (χ2n) is 3.57. The van der Waals surface area contributed by atoms with Gasteiger partial charge in [-0.25, -0.2) is 4.79 Å². The second-order valence-corrected chi connectivity index (χ2v) is 3.57. The molecule has 1 rings (SSSR count). The van der Waals surface area contributed by atoms with Crippen molar-refractivity contribution in [1.82, 2.24) is 0 Å². The van der Waals surface area contributed by atoms with Crippen molar-refractivity contribution in [2.75, 3.05) is 7.11 Å². The maximum absolute atomic E-state index is 10.9. The number of ether oxygens (including phenoxy) is 2. The summed E-state index contributed by atoms with van der Waals surface area (Å²) in [5, 5.41) is 0. The molecule has 4 heteroatoms. The summed E-state index contributed by atoms with van der Waals surface area (Å²) in [5.74, 6) is -0.428. The Labute approximate surface area is 76.5 Å². The van der Waals surface area contributed by atoms with Crippen LogP contribution in [0.4, 0.5) is 0 Å². The van der Waals surface area contributed by atoms with Gasteiger partial charge in [-0.1, -0.05) is 13.8 Å². The van der Waals surface area contributed by atoms with Crippen LogP contribution in [0.5, 0.6) is 0 Å². The summed E-state index contributed by atoms with van der Waals surface area (Å²) in [6.45, 7) is 3.68. The zero-order valence-corrected chi connectivity index (χ0v) is 7.92. The molecule has 0 atom stereocenters. The third kappa shape index (κ3) is 2.08. The van der Waals surface area contributed by atoms with Gasteiger partial charge in [-0.3, -0.25) is 4.79 Å². The van der Waals surface area contributed by atoms with Crippen LogP contribution in [0.2, 0.25) is 0 Å². The monoisotopic (exact) mass is 184 g/mol. The fourth-order valence-corrected chi connectivity index (χ4v) is 1.14. The van der Waals surface area contributed by atoms with E-state index in [2.05, 4.69) is 4.74 Å². The molecule has 0 aromatic carbocycles. The van der Waals surface area contributed by atoms with E-state index in [9.17, 15) is 9.59 Å². The maximum atomic E-state index is 10.9. The molecule has 0 bridgehead atoms. The summed E-state index contributed by atoms with van der Waals surface area (Å²) in [7, 11) is 1.28. The molecule has 0 aliphatic carbocycles. The van der Waals surface area contributed by atoms with Gasteiger partial charge in [0, 0.05) is 5.41 Å². The van der Waals surface area contributed by atoms with Gasteiger partial charge in [-0.05, 0) is 0 Å². The number of cyclic esters (lactones) is 1. The molecule has 0 N–H and O–H groups in total. The van der Waals surface area contributed by atoms with Crippen molar-refractivity contribution >= 4 is 11.9 Å². The molecule has 1 saturated heterocycles. The standard InChI is InChI=1S/C9H12O4/c1-9(2)5-8(11)13-6(9)4-7(10)12-3/h4H,5H2,1-3H3/b6-4-. The van der Waals surface area contributed by atoms with E-state index in [1.807, 2.05) is 13.8 Å². The van der Waals surface area contributed by atoms with E-state index in [1.54, 1.807) is 0 Å². The average Bonchev–Trinajstić information content (AvgIpc) is 2.24. The molecule has 1 fully saturated rings. The highest BCUT2D eigenvalue weighted by atomic mass is 16.6. The first-order valence-electron chi connectivity index (χ1n) is 3.96. The third-order valence-electron chi connectivity index (χ3n) is 1.93. The van der Waals surface area contributed by atoms with Gasteiger partial charge >= 0.3 is 11.9 Å². The normalized spacial score (nSPS) is 23.0. The largest absolute Gasteiger partial charge is 0.466 e. The summed E-state index contributed by atoms with van der Waals surface area (Å²) in [6, 6.07) is 0. The van der Waals surface area contributed by atoms with Gasteiger partial charge < -0.3 is 9.47 Å². The number of hydrogen-bond donors (Lipinski definition) is 0. The van der Waals surface area contributed by atoms with E-state index >= 15 is 0 Å². The van der Waals surface area contributed by atoms with Crippen LogP contribution < -0.4 is 0 Å². The predicted molar refractivity (Wildman–Crippen MR) is 44.6 cm³/mol. The predicted octanol–water partition coefficient (Wildman–Crippen LogP) is 1.02. The van der Waals surface area contributed by atoms with Crippen LogP contribution in [0.1, 0.15) is 20.3 Å². The van der Waals surface area contributed by atoms with Crippen molar-refractivity contribution in [1.29, 1.82) is 0 Å². The molecule has 1 aliphatic rings. The molecule has 0 aromatic heterocycles. The lowest BCUT2D eigenvalue weighted by molar-refractivity contribution is -0.136. The highest BCUT2D eigenvalue weighted by Crippen LogP contribution is 2.37. The van der Waals surface area contributed by atoms with E-state index in [-0.39, 0.29) is 5.97 Å². The van der Waals surface area contributed by atoms with Crippen molar-refractivity contribution in [3.05, 3.63) is 11.8 Å². The average molecular weight is 184 g/mol. The lowest BCUT2D eigenvalue weighted by atomic mass is 9.89. The summed E-state index contributed by atoms with van der Waals surface area (Å²) in [4.78, 5) is 21.8. The van der Waals surface area contributed by atoms with Gasteiger partial charge in [-0.15, -0.1) is 0 Å². The lowest BCUT2D eigenvalue weighted by Crippen LogP contribution is -2.10. The van der Waals surface area contributed by atoms with Crippen molar-refractivity contribution in [2.24, 2.45) is 5.41 Å². The van der Waals surface area contributed by atoms with Gasteiger partial charge in [0.15, 0.2) is 0 Å². The number of carbonyl (C=O) groups is 2. The molecule has 0 spiro atoms. The number of rotatable bonds is 1. The molecular weight excluding hydrogens is 172 g/mol. The zero-order valence-electron chi connectivity index (χ0n) is 7.92. The molecule has 0 radical (unpaired) electrons. The molecule has 13 heavy (non-hydrogen) atoms. The molecule has 0 saturated carbocycles. The second kappa shape index (κ2) is 3.20. The molecular formula is C9H12O4. The minimum Gasteiger partial charge on any atom is -0.466 e. The Balaban J connectivity index is 2.86. The first-order chi connectivity index (χ1) is 5.95. The van der Waals surface area contributed by atoms with Crippen molar-refractivity contribution in [3.8, 4) is 0 Å². The molecule has 72 valence electrons. The number of methoxy groups -OCH3 is 1. The molecule has 0 amide bonds. The van der Waals surface area contributed by atoms with Crippen LogP contribution in [0.15, 0.2) is 11.8 Å². The molecule has 4 nitrogen and oxygen atoms in total. The van der Waals surface area contributed by atoms with E-state index in [0.717, 1.165) is 0 Å². The summed E-state index contributed by atoms with van der Waals surface area (Å²) in [6.07, 6.45) is 1.51. The van der Waals surface area contributed by atoms with Crippen molar-refractivity contribution < 1.29 is 19.1 Å². The minimum absolute atomic E-state index is 0.301. The maximum Gasteiger partial charge on any atom is 0.333 e. The fourth-order valence-electron chi connectivity index (χ4n) is 1.14. The fraction of sp³-hybridized carbons (Fsp3) is 0.556. The van der Waals surface area contributed by atoms with Crippen LogP contribution in [0.25, 0.3) is 0 Å². The lowest BCUT2D eigenvalue weighted by Gasteiger charge is -2.13. The Morgan fingerprint density at radius 3 is 2.62 bits per heavy atom. The van der Waals surface area contributed by atoms with Gasteiger partial charge in [0.05, 0.1) is 19.6 Å². The van der Waals surface area contributed by atoms with E-state index in [1.165, 1.54) is 13.2 Å². The Bertz CT molecular complexity index is 275. The van der Waals surface area contributed by atoms with Crippen LogP contribution >= 0.6 is 0 Å². The first-order valence-corrected chi connectivity index (χ1v) is 3.96. The number of allylic oxidation sites excluding steroid dienone is 1. The van der Waals surface area contributed by atoms with Crippen LogP contribution in [-0.4, -0.2) is 19.0 Å². The molecule has 1 heterocycles. The number of esters is 2. The van der Waals surface area contributed by atoms with Crippen LogP contribution in [0.3, 0.4) is 0 Å². The topological polar surface area (TPSA) is 52.6 Å². The molecule has 0 aromatic rings. The zero-order chi connectivity index (χ0) is 10.1.